The number of hydrogen-bond donors (Lipinski definition) is 1. The zero-order chi connectivity index (χ0) is 15.9. The molecule has 0 spiro atoms. The van der Waals surface area contributed by atoms with Crippen LogP contribution < -0.4 is 5.32 Å². The van der Waals surface area contributed by atoms with Crippen LogP contribution >= 0.6 is 15.9 Å². The summed E-state index contributed by atoms with van der Waals surface area (Å²) in [5.41, 5.74) is 2.34. The Bertz CT molecular complexity index is 427. The van der Waals surface area contributed by atoms with Gasteiger partial charge in [0, 0.05) is 17.1 Å². The number of hydrogen-bond acceptors (Lipinski definition) is 3. The number of nitrogens with one attached hydrogen (secondary N) is 1. The van der Waals surface area contributed by atoms with E-state index in [1.54, 1.807) is 0 Å². The Morgan fingerprint density at radius 2 is 1.90 bits per heavy atom. The van der Waals surface area contributed by atoms with Crippen molar-refractivity contribution >= 4 is 15.9 Å². The molecule has 21 heavy (non-hydrogen) atoms. The minimum Gasteiger partial charge on any atom is -0.374 e. The molecule has 0 atom stereocenters. The Morgan fingerprint density at radius 1 is 1.19 bits per heavy atom. The van der Waals surface area contributed by atoms with Gasteiger partial charge in [-0.15, -0.1) is 0 Å². The molecule has 0 bridgehead atoms. The van der Waals surface area contributed by atoms with Crippen molar-refractivity contribution in [2.24, 2.45) is 0 Å². The van der Waals surface area contributed by atoms with Crippen molar-refractivity contribution in [2.75, 3.05) is 13.2 Å². The van der Waals surface area contributed by atoms with Crippen molar-refractivity contribution in [1.29, 1.82) is 0 Å². The summed E-state index contributed by atoms with van der Waals surface area (Å²) < 4.78 is 12.4. The second-order valence-electron chi connectivity index (χ2n) is 6.47. The van der Waals surface area contributed by atoms with Gasteiger partial charge >= 0.3 is 0 Å². The standard InChI is InChI=1S/C17H28BrNO2/c1-13(2)19-11-14-6-7-15(16(18)10-14)12-20-8-9-21-17(3,4)5/h6-7,10,13,19H,8-9,11-12H2,1-5H3. The lowest BCUT2D eigenvalue weighted by Crippen LogP contribution is -2.22. The van der Waals surface area contributed by atoms with Gasteiger partial charge in [0.25, 0.3) is 0 Å². The van der Waals surface area contributed by atoms with Crippen molar-refractivity contribution < 1.29 is 9.47 Å². The van der Waals surface area contributed by atoms with Gasteiger partial charge in [-0.25, -0.2) is 0 Å². The van der Waals surface area contributed by atoms with Crippen molar-refractivity contribution in [2.45, 2.75) is 59.4 Å². The van der Waals surface area contributed by atoms with Gasteiger partial charge in [-0.1, -0.05) is 41.9 Å². The highest BCUT2D eigenvalue weighted by Gasteiger charge is 2.09. The van der Waals surface area contributed by atoms with Crippen molar-refractivity contribution in [1.82, 2.24) is 5.32 Å². The first-order chi connectivity index (χ1) is 9.78. The largest absolute Gasteiger partial charge is 0.374 e. The summed E-state index contributed by atoms with van der Waals surface area (Å²) in [6, 6.07) is 6.91. The minimum atomic E-state index is -0.102. The number of ether oxygens (including phenoxy) is 2. The van der Waals surface area contributed by atoms with Gasteiger partial charge in [-0.05, 0) is 38.0 Å². The van der Waals surface area contributed by atoms with Gasteiger partial charge in [-0.3, -0.25) is 0 Å². The normalized spacial score (nSPS) is 12.1. The van der Waals surface area contributed by atoms with E-state index in [4.69, 9.17) is 9.47 Å². The molecule has 0 amide bonds. The molecule has 0 aliphatic rings. The predicted octanol–water partition coefficient (Wildman–Crippen LogP) is 4.28. The summed E-state index contributed by atoms with van der Waals surface area (Å²) in [6.07, 6.45) is 0. The molecule has 1 aromatic carbocycles. The highest BCUT2D eigenvalue weighted by atomic mass is 79.9. The van der Waals surface area contributed by atoms with Gasteiger partial charge in [0.1, 0.15) is 0 Å². The van der Waals surface area contributed by atoms with Crippen LogP contribution in [0.25, 0.3) is 0 Å². The first kappa shape index (κ1) is 18.6. The average molecular weight is 358 g/mol. The summed E-state index contributed by atoms with van der Waals surface area (Å²) >= 11 is 3.62. The van der Waals surface area contributed by atoms with Crippen LogP contribution in [0.15, 0.2) is 22.7 Å². The molecule has 0 saturated heterocycles. The van der Waals surface area contributed by atoms with E-state index in [9.17, 15) is 0 Å². The summed E-state index contributed by atoms with van der Waals surface area (Å²) in [7, 11) is 0. The quantitative estimate of drug-likeness (QED) is 0.704. The van der Waals surface area contributed by atoms with Crippen LogP contribution in [0, 0.1) is 0 Å². The van der Waals surface area contributed by atoms with E-state index < -0.39 is 0 Å². The van der Waals surface area contributed by atoms with Crippen LogP contribution in [0.1, 0.15) is 45.7 Å². The molecule has 0 radical (unpaired) electrons. The van der Waals surface area contributed by atoms with E-state index in [2.05, 4.69) is 53.3 Å². The molecule has 0 heterocycles. The highest BCUT2D eigenvalue weighted by Crippen LogP contribution is 2.19. The Kier molecular flexibility index (Phi) is 7.88. The third-order valence-corrected chi connectivity index (χ3v) is 3.59. The fraction of sp³-hybridized carbons (Fsp3) is 0.647. The first-order valence-electron chi connectivity index (χ1n) is 7.50. The van der Waals surface area contributed by atoms with Gasteiger partial charge < -0.3 is 14.8 Å². The van der Waals surface area contributed by atoms with Crippen LogP contribution in [0.2, 0.25) is 0 Å². The molecular formula is C17H28BrNO2. The zero-order valence-electron chi connectivity index (χ0n) is 13.8. The van der Waals surface area contributed by atoms with Crippen molar-refractivity contribution in [3.8, 4) is 0 Å². The molecule has 120 valence electrons. The van der Waals surface area contributed by atoms with Gasteiger partial charge in [0.15, 0.2) is 0 Å². The van der Waals surface area contributed by atoms with E-state index in [1.165, 1.54) is 11.1 Å². The Labute approximate surface area is 137 Å². The molecule has 1 rings (SSSR count). The molecule has 0 saturated carbocycles. The number of rotatable bonds is 8. The minimum absolute atomic E-state index is 0.102. The number of halogens is 1. The number of benzene rings is 1. The third kappa shape index (κ3) is 8.57. The van der Waals surface area contributed by atoms with Gasteiger partial charge in [0.2, 0.25) is 0 Å². The molecule has 3 nitrogen and oxygen atoms in total. The van der Waals surface area contributed by atoms with E-state index in [0.29, 0.717) is 25.9 Å². The second-order valence-corrected chi connectivity index (χ2v) is 7.33. The lowest BCUT2D eigenvalue weighted by molar-refractivity contribution is -0.0377. The monoisotopic (exact) mass is 357 g/mol. The summed E-state index contributed by atoms with van der Waals surface area (Å²) in [6.45, 7) is 13.2. The van der Waals surface area contributed by atoms with Crippen LogP contribution in [0.4, 0.5) is 0 Å². The van der Waals surface area contributed by atoms with Crippen LogP contribution in [0.3, 0.4) is 0 Å². The molecule has 0 fully saturated rings. The molecule has 1 aromatic rings. The summed E-state index contributed by atoms with van der Waals surface area (Å²) in [5, 5.41) is 3.41. The molecular weight excluding hydrogens is 330 g/mol. The second kappa shape index (κ2) is 8.89. The van der Waals surface area contributed by atoms with Crippen molar-refractivity contribution in [3.63, 3.8) is 0 Å². The molecule has 0 aromatic heterocycles. The smallest absolute Gasteiger partial charge is 0.0728 e. The van der Waals surface area contributed by atoms with Crippen LogP contribution in [-0.2, 0) is 22.6 Å². The molecule has 0 aliphatic carbocycles. The summed E-state index contributed by atoms with van der Waals surface area (Å²) in [4.78, 5) is 0. The lowest BCUT2D eigenvalue weighted by atomic mass is 10.1. The van der Waals surface area contributed by atoms with Crippen LogP contribution in [0.5, 0.6) is 0 Å². The fourth-order valence-electron chi connectivity index (χ4n) is 1.73. The molecule has 1 N–H and O–H groups in total. The maximum absolute atomic E-state index is 5.66. The van der Waals surface area contributed by atoms with E-state index in [1.807, 2.05) is 20.8 Å². The lowest BCUT2D eigenvalue weighted by Gasteiger charge is -2.19. The zero-order valence-corrected chi connectivity index (χ0v) is 15.4. The average Bonchev–Trinajstić information content (AvgIpc) is 2.36. The Morgan fingerprint density at radius 3 is 2.48 bits per heavy atom. The highest BCUT2D eigenvalue weighted by molar-refractivity contribution is 9.10. The predicted molar refractivity (Wildman–Crippen MR) is 91.5 cm³/mol. The van der Waals surface area contributed by atoms with Crippen LogP contribution in [-0.4, -0.2) is 24.9 Å². The maximum atomic E-state index is 5.66. The SMILES string of the molecule is CC(C)NCc1ccc(COCCOC(C)(C)C)c(Br)c1. The van der Waals surface area contributed by atoms with E-state index in [0.717, 1.165) is 11.0 Å². The Hall–Kier alpha value is -0.420. The van der Waals surface area contributed by atoms with E-state index >= 15 is 0 Å². The van der Waals surface area contributed by atoms with Crippen molar-refractivity contribution in [3.05, 3.63) is 33.8 Å². The molecule has 4 heteroatoms. The molecule has 0 aliphatic heterocycles. The molecule has 0 unspecified atom stereocenters. The summed E-state index contributed by atoms with van der Waals surface area (Å²) in [5.74, 6) is 0. The van der Waals surface area contributed by atoms with Gasteiger partial charge in [-0.2, -0.15) is 0 Å². The van der Waals surface area contributed by atoms with E-state index in [-0.39, 0.29) is 5.60 Å². The topological polar surface area (TPSA) is 30.5 Å². The maximum Gasteiger partial charge on any atom is 0.0728 e. The fourth-order valence-corrected chi connectivity index (χ4v) is 2.27. The van der Waals surface area contributed by atoms with Gasteiger partial charge in [0.05, 0.1) is 25.4 Å². The Balaban J connectivity index is 2.35. The third-order valence-electron chi connectivity index (χ3n) is 2.85. The first-order valence-corrected chi connectivity index (χ1v) is 8.29.